The van der Waals surface area contributed by atoms with Crippen LogP contribution in [0, 0.1) is 0 Å². The van der Waals surface area contributed by atoms with Crippen LogP contribution in [-0.2, 0) is 4.79 Å². The number of nitrogens with one attached hydrogen (secondary N) is 1. The summed E-state index contributed by atoms with van der Waals surface area (Å²) in [4.78, 5) is 36.6. The standard InChI is InChI=1S/C16H20N2O4/c1-16(2,15(21)22)18(3)14(20)11-6-4-10(5-7-11)13(19)17-12-8-9-12/h4-7,12H,8-9H2,1-3H3,(H,17,19)(H,21,22). The maximum Gasteiger partial charge on any atom is 0.329 e. The fraction of sp³-hybridized carbons (Fsp3) is 0.438. The number of amides is 2. The second kappa shape index (κ2) is 5.79. The van der Waals surface area contributed by atoms with Gasteiger partial charge >= 0.3 is 5.97 Å². The quantitative estimate of drug-likeness (QED) is 0.863. The molecule has 0 aliphatic heterocycles. The lowest BCUT2D eigenvalue weighted by molar-refractivity contribution is -0.147. The Hall–Kier alpha value is -2.37. The maximum atomic E-state index is 12.3. The lowest BCUT2D eigenvalue weighted by Crippen LogP contribution is -2.50. The number of nitrogens with zero attached hydrogens (tertiary/aromatic N) is 1. The van der Waals surface area contributed by atoms with Crippen molar-refractivity contribution in [3.8, 4) is 0 Å². The zero-order chi connectivity index (χ0) is 16.5. The fourth-order valence-corrected chi connectivity index (χ4v) is 1.85. The Morgan fingerprint density at radius 1 is 1.14 bits per heavy atom. The van der Waals surface area contributed by atoms with Crippen LogP contribution < -0.4 is 5.32 Å². The van der Waals surface area contributed by atoms with Gasteiger partial charge in [-0.1, -0.05) is 0 Å². The number of carbonyl (C=O) groups excluding carboxylic acids is 2. The van der Waals surface area contributed by atoms with Crippen molar-refractivity contribution >= 4 is 17.8 Å². The highest BCUT2D eigenvalue weighted by atomic mass is 16.4. The van der Waals surface area contributed by atoms with Crippen molar-refractivity contribution in [3.05, 3.63) is 35.4 Å². The summed E-state index contributed by atoms with van der Waals surface area (Å²) in [5.41, 5.74) is -0.470. The van der Waals surface area contributed by atoms with E-state index in [1.807, 2.05) is 0 Å². The zero-order valence-electron chi connectivity index (χ0n) is 12.9. The summed E-state index contributed by atoms with van der Waals surface area (Å²) in [6, 6.07) is 6.51. The third kappa shape index (κ3) is 3.27. The SMILES string of the molecule is CN(C(=O)c1ccc(C(=O)NC2CC2)cc1)C(C)(C)C(=O)O. The molecule has 1 fully saturated rings. The van der Waals surface area contributed by atoms with Crippen molar-refractivity contribution in [1.29, 1.82) is 0 Å². The van der Waals surface area contributed by atoms with Crippen molar-refractivity contribution < 1.29 is 19.5 Å². The van der Waals surface area contributed by atoms with Crippen LogP contribution in [0.1, 0.15) is 47.4 Å². The van der Waals surface area contributed by atoms with E-state index in [-0.39, 0.29) is 11.9 Å². The van der Waals surface area contributed by atoms with Crippen LogP contribution in [0.25, 0.3) is 0 Å². The molecular formula is C16H20N2O4. The van der Waals surface area contributed by atoms with Gasteiger partial charge in [-0.2, -0.15) is 0 Å². The van der Waals surface area contributed by atoms with Gasteiger partial charge in [0.05, 0.1) is 0 Å². The number of likely N-dealkylation sites (N-methyl/N-ethyl adjacent to an activating group) is 1. The molecular weight excluding hydrogens is 284 g/mol. The molecule has 0 radical (unpaired) electrons. The monoisotopic (exact) mass is 304 g/mol. The minimum Gasteiger partial charge on any atom is -0.480 e. The van der Waals surface area contributed by atoms with Crippen molar-refractivity contribution in [2.24, 2.45) is 0 Å². The minimum absolute atomic E-state index is 0.152. The van der Waals surface area contributed by atoms with E-state index >= 15 is 0 Å². The molecule has 1 aromatic rings. The molecule has 22 heavy (non-hydrogen) atoms. The Bertz CT molecular complexity index is 603. The normalized spacial score (nSPS) is 14.3. The first kappa shape index (κ1) is 16.0. The zero-order valence-corrected chi connectivity index (χ0v) is 12.9. The van der Waals surface area contributed by atoms with Gasteiger partial charge in [0.25, 0.3) is 11.8 Å². The third-order valence-corrected chi connectivity index (χ3v) is 3.97. The number of hydrogen-bond donors (Lipinski definition) is 2. The summed E-state index contributed by atoms with van der Waals surface area (Å²) in [6.07, 6.45) is 2.02. The van der Waals surface area contributed by atoms with Gasteiger partial charge in [-0.15, -0.1) is 0 Å². The molecule has 0 heterocycles. The average Bonchev–Trinajstić information content (AvgIpc) is 3.29. The molecule has 1 saturated carbocycles. The van der Waals surface area contributed by atoms with Gasteiger partial charge in [0.2, 0.25) is 0 Å². The lowest BCUT2D eigenvalue weighted by atomic mass is 10.0. The molecule has 1 aliphatic rings. The van der Waals surface area contributed by atoms with Crippen molar-refractivity contribution in [2.75, 3.05) is 7.05 Å². The summed E-state index contributed by atoms with van der Waals surface area (Å²) in [7, 11) is 1.45. The summed E-state index contributed by atoms with van der Waals surface area (Å²) in [5.74, 6) is -1.63. The third-order valence-electron chi connectivity index (χ3n) is 3.97. The van der Waals surface area contributed by atoms with Gasteiger partial charge in [-0.3, -0.25) is 9.59 Å². The molecule has 118 valence electrons. The van der Waals surface area contributed by atoms with Crippen LogP contribution in [0.4, 0.5) is 0 Å². The Kier molecular flexibility index (Phi) is 4.21. The average molecular weight is 304 g/mol. The largest absolute Gasteiger partial charge is 0.480 e. The van der Waals surface area contributed by atoms with E-state index in [0.717, 1.165) is 12.8 Å². The van der Waals surface area contributed by atoms with Gasteiger partial charge in [-0.25, -0.2) is 4.79 Å². The molecule has 1 aliphatic carbocycles. The first-order chi connectivity index (χ1) is 10.2. The number of aliphatic carboxylic acids is 1. The maximum absolute atomic E-state index is 12.3. The van der Waals surface area contributed by atoms with Crippen LogP contribution in [0.3, 0.4) is 0 Å². The fourth-order valence-electron chi connectivity index (χ4n) is 1.85. The van der Waals surface area contributed by atoms with Crippen molar-refractivity contribution in [1.82, 2.24) is 10.2 Å². The number of hydrogen-bond acceptors (Lipinski definition) is 3. The first-order valence-electron chi connectivity index (χ1n) is 7.16. The highest BCUT2D eigenvalue weighted by molar-refractivity contribution is 5.99. The Morgan fingerprint density at radius 3 is 2.09 bits per heavy atom. The number of rotatable bonds is 5. The van der Waals surface area contributed by atoms with Crippen LogP contribution in [0.2, 0.25) is 0 Å². The Labute approximate surface area is 129 Å². The number of carbonyl (C=O) groups is 3. The summed E-state index contributed by atoms with van der Waals surface area (Å²) in [6.45, 7) is 2.93. The molecule has 0 saturated heterocycles. The predicted molar refractivity (Wildman–Crippen MR) is 80.7 cm³/mol. The van der Waals surface area contributed by atoms with E-state index in [2.05, 4.69) is 5.32 Å². The smallest absolute Gasteiger partial charge is 0.329 e. The highest BCUT2D eigenvalue weighted by Gasteiger charge is 2.35. The molecule has 0 unspecified atom stereocenters. The first-order valence-corrected chi connectivity index (χ1v) is 7.16. The topological polar surface area (TPSA) is 86.7 Å². The lowest BCUT2D eigenvalue weighted by Gasteiger charge is -2.31. The van der Waals surface area contributed by atoms with Gasteiger partial charge in [0, 0.05) is 24.2 Å². The second-order valence-electron chi connectivity index (χ2n) is 6.05. The van der Waals surface area contributed by atoms with Crippen LogP contribution in [-0.4, -0.2) is 46.4 Å². The van der Waals surface area contributed by atoms with Crippen LogP contribution >= 0.6 is 0 Å². The van der Waals surface area contributed by atoms with E-state index < -0.39 is 17.4 Å². The van der Waals surface area contributed by atoms with Gasteiger partial charge in [-0.05, 0) is 51.0 Å². The molecule has 6 nitrogen and oxygen atoms in total. The molecule has 1 aromatic carbocycles. The summed E-state index contributed by atoms with van der Waals surface area (Å²) in [5, 5.41) is 12.0. The van der Waals surface area contributed by atoms with E-state index in [9.17, 15) is 14.4 Å². The molecule has 0 aromatic heterocycles. The van der Waals surface area contributed by atoms with Crippen LogP contribution in [0.5, 0.6) is 0 Å². The summed E-state index contributed by atoms with van der Waals surface area (Å²) < 4.78 is 0. The highest BCUT2D eigenvalue weighted by Crippen LogP contribution is 2.20. The second-order valence-corrected chi connectivity index (χ2v) is 6.05. The van der Waals surface area contributed by atoms with E-state index in [1.165, 1.54) is 25.8 Å². The van der Waals surface area contributed by atoms with Gasteiger partial charge in [0.15, 0.2) is 0 Å². The molecule has 2 N–H and O–H groups in total. The molecule has 2 rings (SSSR count). The number of carboxylic acid groups (broad SMARTS) is 1. The summed E-state index contributed by atoms with van der Waals surface area (Å²) >= 11 is 0. The van der Waals surface area contributed by atoms with Gasteiger partial charge in [0.1, 0.15) is 5.54 Å². The van der Waals surface area contributed by atoms with E-state index in [1.54, 1.807) is 24.3 Å². The molecule has 6 heteroatoms. The number of benzene rings is 1. The number of carboxylic acids is 1. The van der Waals surface area contributed by atoms with E-state index in [4.69, 9.17) is 5.11 Å². The minimum atomic E-state index is -1.31. The molecule has 0 atom stereocenters. The van der Waals surface area contributed by atoms with E-state index in [0.29, 0.717) is 11.1 Å². The Morgan fingerprint density at radius 2 is 1.64 bits per heavy atom. The van der Waals surface area contributed by atoms with Gasteiger partial charge < -0.3 is 15.3 Å². The molecule has 2 amide bonds. The van der Waals surface area contributed by atoms with Crippen LogP contribution in [0.15, 0.2) is 24.3 Å². The van der Waals surface area contributed by atoms with Crippen molar-refractivity contribution in [2.45, 2.75) is 38.3 Å². The molecule has 0 bridgehead atoms. The Balaban J connectivity index is 2.10. The molecule has 0 spiro atoms. The predicted octanol–water partition coefficient (Wildman–Crippen LogP) is 1.51. The van der Waals surface area contributed by atoms with Crippen molar-refractivity contribution in [3.63, 3.8) is 0 Å².